The molecular formula is C13H26N2O2. The molecule has 1 unspecified atom stereocenters. The third-order valence-corrected chi connectivity index (χ3v) is 3.78. The molecule has 1 atom stereocenters. The Hall–Kier alpha value is -0.160. The smallest absolute Gasteiger partial charge is 0.162 e. The van der Waals surface area contributed by atoms with Crippen LogP contribution >= 0.6 is 0 Å². The van der Waals surface area contributed by atoms with Crippen LogP contribution in [-0.4, -0.2) is 56.1 Å². The minimum Gasteiger partial charge on any atom is -0.349 e. The summed E-state index contributed by atoms with van der Waals surface area (Å²) in [6.45, 7) is 12.5. The van der Waals surface area contributed by atoms with Crippen LogP contribution in [0.1, 0.15) is 27.2 Å². The lowest BCUT2D eigenvalue weighted by molar-refractivity contribution is -0.253. The molecule has 2 saturated heterocycles. The molecule has 17 heavy (non-hydrogen) atoms. The summed E-state index contributed by atoms with van der Waals surface area (Å²) in [5, 5.41) is 3.57. The lowest BCUT2D eigenvalue weighted by Crippen LogP contribution is -2.49. The van der Waals surface area contributed by atoms with Gasteiger partial charge in [0.1, 0.15) is 0 Å². The van der Waals surface area contributed by atoms with Gasteiger partial charge in [0.2, 0.25) is 0 Å². The summed E-state index contributed by atoms with van der Waals surface area (Å²) in [4.78, 5) is 2.52. The van der Waals surface area contributed by atoms with E-state index in [2.05, 4.69) is 17.1 Å². The molecular weight excluding hydrogens is 216 g/mol. The Morgan fingerprint density at radius 2 is 2.00 bits per heavy atom. The molecule has 0 aromatic heterocycles. The average molecular weight is 242 g/mol. The summed E-state index contributed by atoms with van der Waals surface area (Å²) >= 11 is 0. The van der Waals surface area contributed by atoms with Gasteiger partial charge < -0.3 is 19.7 Å². The zero-order valence-corrected chi connectivity index (χ0v) is 11.4. The van der Waals surface area contributed by atoms with Crippen molar-refractivity contribution in [1.82, 2.24) is 10.2 Å². The van der Waals surface area contributed by atoms with Crippen molar-refractivity contribution in [3.8, 4) is 0 Å². The molecule has 2 aliphatic rings. The highest BCUT2D eigenvalue weighted by molar-refractivity contribution is 4.79. The maximum Gasteiger partial charge on any atom is 0.162 e. The third-order valence-electron chi connectivity index (χ3n) is 3.78. The molecule has 0 aromatic rings. The lowest BCUT2D eigenvalue weighted by Gasteiger charge is -2.35. The Kier molecular flexibility index (Phi) is 4.42. The molecule has 4 nitrogen and oxygen atoms in total. The van der Waals surface area contributed by atoms with E-state index in [0.717, 1.165) is 25.7 Å². The quantitative estimate of drug-likeness (QED) is 0.799. The largest absolute Gasteiger partial charge is 0.349 e. The minimum absolute atomic E-state index is 0.360. The summed E-state index contributed by atoms with van der Waals surface area (Å²) in [6.07, 6.45) is 1.32. The van der Waals surface area contributed by atoms with Crippen molar-refractivity contribution >= 4 is 0 Å². The number of ether oxygens (including phenoxy) is 2. The minimum atomic E-state index is -0.398. The fourth-order valence-corrected chi connectivity index (χ4v) is 2.51. The molecule has 1 N–H and O–H groups in total. The number of rotatable bonds is 4. The Morgan fingerprint density at radius 3 is 2.59 bits per heavy atom. The van der Waals surface area contributed by atoms with Crippen LogP contribution in [0.5, 0.6) is 0 Å². The summed E-state index contributed by atoms with van der Waals surface area (Å²) < 4.78 is 11.3. The molecule has 0 bridgehead atoms. The van der Waals surface area contributed by atoms with Gasteiger partial charge in [-0.1, -0.05) is 6.92 Å². The van der Waals surface area contributed by atoms with Crippen LogP contribution in [0.2, 0.25) is 0 Å². The molecule has 2 aliphatic heterocycles. The normalized spacial score (nSPS) is 30.9. The first kappa shape index (κ1) is 13.3. The second kappa shape index (κ2) is 5.65. The van der Waals surface area contributed by atoms with Crippen LogP contribution in [0.25, 0.3) is 0 Å². The predicted octanol–water partition coefficient (Wildman–Crippen LogP) is 1.07. The summed E-state index contributed by atoms with van der Waals surface area (Å²) in [6, 6.07) is 0.360. The topological polar surface area (TPSA) is 33.7 Å². The first-order chi connectivity index (χ1) is 8.09. The van der Waals surface area contributed by atoms with Crippen LogP contribution in [0, 0.1) is 5.92 Å². The Bertz CT molecular complexity index is 236. The van der Waals surface area contributed by atoms with Crippen molar-refractivity contribution in [2.24, 2.45) is 5.92 Å². The van der Waals surface area contributed by atoms with Crippen molar-refractivity contribution in [1.29, 1.82) is 0 Å². The number of likely N-dealkylation sites (tertiary alicyclic amines) is 1. The second-order valence-corrected chi connectivity index (χ2v) is 5.67. The van der Waals surface area contributed by atoms with Crippen LogP contribution < -0.4 is 5.32 Å². The molecule has 0 aromatic carbocycles. The molecule has 0 saturated carbocycles. The molecule has 2 heterocycles. The van der Waals surface area contributed by atoms with Crippen molar-refractivity contribution in [2.45, 2.75) is 39.0 Å². The monoisotopic (exact) mass is 242 g/mol. The Morgan fingerprint density at radius 1 is 1.29 bits per heavy atom. The molecule has 4 heteroatoms. The molecule has 100 valence electrons. The number of hydrogen-bond acceptors (Lipinski definition) is 4. The first-order valence-corrected chi connectivity index (χ1v) is 6.82. The zero-order chi connectivity index (χ0) is 12.3. The van der Waals surface area contributed by atoms with E-state index in [9.17, 15) is 0 Å². The molecule has 2 rings (SSSR count). The van der Waals surface area contributed by atoms with Gasteiger partial charge >= 0.3 is 0 Å². The number of nitrogens with zero attached hydrogens (tertiary/aromatic N) is 1. The fourth-order valence-electron chi connectivity index (χ4n) is 2.51. The highest BCUT2D eigenvalue weighted by Gasteiger charge is 2.29. The van der Waals surface area contributed by atoms with Gasteiger partial charge in [-0.2, -0.15) is 0 Å². The van der Waals surface area contributed by atoms with E-state index < -0.39 is 5.79 Å². The average Bonchev–Trinajstić information content (AvgIpc) is 2.75. The summed E-state index contributed by atoms with van der Waals surface area (Å²) in [5.74, 6) is 0.398. The lowest BCUT2D eigenvalue weighted by atomic mass is 10.1. The standard InChI is InChI=1S/C13H26N2O2/c1-4-15-6-5-11(8-15)7-14-12-9-16-13(2,3)17-10-12/h11-12,14H,4-10H2,1-3H3. The van der Waals surface area contributed by atoms with Crippen molar-refractivity contribution in [3.63, 3.8) is 0 Å². The summed E-state index contributed by atoms with van der Waals surface area (Å²) in [5.41, 5.74) is 0. The van der Waals surface area contributed by atoms with Crippen LogP contribution in [0.3, 0.4) is 0 Å². The maximum absolute atomic E-state index is 5.64. The second-order valence-electron chi connectivity index (χ2n) is 5.67. The predicted molar refractivity (Wildman–Crippen MR) is 68.0 cm³/mol. The molecule has 0 radical (unpaired) electrons. The van der Waals surface area contributed by atoms with Crippen LogP contribution in [0.15, 0.2) is 0 Å². The van der Waals surface area contributed by atoms with Gasteiger partial charge in [-0.15, -0.1) is 0 Å². The van der Waals surface area contributed by atoms with Gasteiger partial charge in [0, 0.05) is 6.54 Å². The highest BCUT2D eigenvalue weighted by atomic mass is 16.7. The maximum atomic E-state index is 5.64. The van der Waals surface area contributed by atoms with Crippen LogP contribution in [0.4, 0.5) is 0 Å². The van der Waals surface area contributed by atoms with Gasteiger partial charge in [-0.25, -0.2) is 0 Å². The van der Waals surface area contributed by atoms with E-state index >= 15 is 0 Å². The van der Waals surface area contributed by atoms with E-state index in [-0.39, 0.29) is 0 Å². The third kappa shape index (κ3) is 3.91. The number of nitrogens with one attached hydrogen (secondary N) is 1. The van der Waals surface area contributed by atoms with E-state index in [1.54, 1.807) is 0 Å². The highest BCUT2D eigenvalue weighted by Crippen LogP contribution is 2.18. The van der Waals surface area contributed by atoms with Gasteiger partial charge in [-0.3, -0.25) is 0 Å². The van der Waals surface area contributed by atoms with Gasteiger partial charge in [0.15, 0.2) is 5.79 Å². The molecule has 0 amide bonds. The molecule has 0 aliphatic carbocycles. The van der Waals surface area contributed by atoms with E-state index in [0.29, 0.717) is 6.04 Å². The molecule has 0 spiro atoms. The Balaban J connectivity index is 1.63. The fraction of sp³-hybridized carbons (Fsp3) is 1.00. The van der Waals surface area contributed by atoms with Crippen molar-refractivity contribution in [2.75, 3.05) is 39.4 Å². The van der Waals surface area contributed by atoms with Crippen LogP contribution in [-0.2, 0) is 9.47 Å². The Labute approximate surface area is 105 Å². The zero-order valence-electron chi connectivity index (χ0n) is 11.4. The van der Waals surface area contributed by atoms with Crippen molar-refractivity contribution < 1.29 is 9.47 Å². The number of hydrogen-bond donors (Lipinski definition) is 1. The van der Waals surface area contributed by atoms with Gasteiger partial charge in [-0.05, 0) is 45.8 Å². The van der Waals surface area contributed by atoms with E-state index in [1.165, 1.54) is 26.1 Å². The molecule has 2 fully saturated rings. The first-order valence-electron chi connectivity index (χ1n) is 6.82. The van der Waals surface area contributed by atoms with Gasteiger partial charge in [0.25, 0.3) is 0 Å². The van der Waals surface area contributed by atoms with E-state index in [1.807, 2.05) is 13.8 Å². The van der Waals surface area contributed by atoms with Gasteiger partial charge in [0.05, 0.1) is 19.3 Å². The SMILES string of the molecule is CCN1CCC(CNC2COC(C)(C)OC2)C1. The van der Waals surface area contributed by atoms with Crippen molar-refractivity contribution in [3.05, 3.63) is 0 Å². The summed E-state index contributed by atoms with van der Waals surface area (Å²) in [7, 11) is 0. The van der Waals surface area contributed by atoms with E-state index in [4.69, 9.17) is 9.47 Å².